The van der Waals surface area contributed by atoms with Crippen molar-refractivity contribution < 1.29 is 9.66 Å². The van der Waals surface area contributed by atoms with Crippen LogP contribution in [0.5, 0.6) is 0 Å². The van der Waals surface area contributed by atoms with Crippen LogP contribution in [0.1, 0.15) is 13.8 Å². The number of benzene rings is 1. The number of nitro groups is 1. The Morgan fingerprint density at radius 1 is 1.48 bits per heavy atom. The van der Waals surface area contributed by atoms with Crippen molar-refractivity contribution in [3.8, 4) is 6.07 Å². The molecule has 7 heteroatoms. The first-order valence-electron chi connectivity index (χ1n) is 6.45. The molecule has 108 valence electrons. The fourth-order valence-electron chi connectivity index (χ4n) is 2.83. The molecular formula is C14H14N4O3. The number of hydrogen-bond donors (Lipinski definition) is 0. The van der Waals surface area contributed by atoms with Crippen LogP contribution >= 0.6 is 0 Å². The third-order valence-electron chi connectivity index (χ3n) is 3.84. The number of nitriles is 1. The predicted octanol–water partition coefficient (Wildman–Crippen LogP) is 2.35. The molecule has 1 atom stereocenters. The Morgan fingerprint density at radius 3 is 2.81 bits per heavy atom. The molecule has 0 aromatic heterocycles. The Morgan fingerprint density at radius 2 is 2.19 bits per heavy atom. The van der Waals surface area contributed by atoms with E-state index in [1.54, 1.807) is 6.07 Å². The van der Waals surface area contributed by atoms with E-state index in [2.05, 4.69) is 0 Å². The van der Waals surface area contributed by atoms with E-state index in [4.69, 9.17) is 10.00 Å². The molecule has 0 bridgehead atoms. The first kappa shape index (κ1) is 13.4. The number of ether oxygens (including phenoxy) is 1. The first-order valence-corrected chi connectivity index (χ1v) is 6.45. The fourth-order valence-corrected chi connectivity index (χ4v) is 2.83. The molecule has 0 N–H and O–H groups in total. The summed E-state index contributed by atoms with van der Waals surface area (Å²) in [6, 6.07) is 6.71. The average molecular weight is 286 g/mol. The summed E-state index contributed by atoms with van der Waals surface area (Å²) in [6.07, 6.45) is 1.04. The topological polar surface area (TPSA) is 82.6 Å². The minimum absolute atomic E-state index is 0.0174. The highest BCUT2D eigenvalue weighted by molar-refractivity contribution is 5.82. The van der Waals surface area contributed by atoms with Crippen molar-refractivity contribution in [3.63, 3.8) is 0 Å². The Hall–Kier alpha value is -2.59. The van der Waals surface area contributed by atoms with Crippen LogP contribution in [0.4, 0.5) is 17.1 Å². The van der Waals surface area contributed by atoms with Crippen molar-refractivity contribution in [2.45, 2.75) is 25.8 Å². The number of anilines is 2. The van der Waals surface area contributed by atoms with Gasteiger partial charge in [-0.2, -0.15) is 5.26 Å². The second kappa shape index (κ2) is 4.20. The Bertz CT molecular complexity index is 705. The van der Waals surface area contributed by atoms with E-state index in [1.165, 1.54) is 18.2 Å². The lowest BCUT2D eigenvalue weighted by Gasteiger charge is -2.23. The molecule has 1 saturated heterocycles. The zero-order chi connectivity index (χ0) is 15.4. The number of hydrogen-bond acceptors (Lipinski definition) is 6. The minimum atomic E-state index is -0.628. The van der Waals surface area contributed by atoms with Gasteiger partial charge in [0, 0.05) is 25.3 Å². The summed E-state index contributed by atoms with van der Waals surface area (Å²) in [5.74, 6) is 0. The Kier molecular flexibility index (Phi) is 2.68. The van der Waals surface area contributed by atoms with Crippen molar-refractivity contribution in [2.24, 2.45) is 0 Å². The van der Waals surface area contributed by atoms with Crippen molar-refractivity contribution in [1.82, 2.24) is 0 Å². The summed E-state index contributed by atoms with van der Waals surface area (Å²) in [5, 5.41) is 20.0. The normalized spacial score (nSPS) is 23.9. The largest absolute Gasteiger partial charge is 0.330 e. The molecule has 21 heavy (non-hydrogen) atoms. The number of nitro benzene ring substituents is 1. The molecule has 2 heterocycles. The smallest absolute Gasteiger partial charge is 0.271 e. The van der Waals surface area contributed by atoms with Crippen molar-refractivity contribution in [3.05, 3.63) is 40.1 Å². The molecule has 2 aliphatic heterocycles. The summed E-state index contributed by atoms with van der Waals surface area (Å²) < 4.78 is 6.00. The first-order chi connectivity index (χ1) is 9.86. The van der Waals surface area contributed by atoms with Crippen LogP contribution in [0, 0.1) is 21.4 Å². The van der Waals surface area contributed by atoms with Gasteiger partial charge in [-0.25, -0.2) is 0 Å². The van der Waals surface area contributed by atoms with Gasteiger partial charge in [-0.05, 0) is 19.9 Å². The highest BCUT2D eigenvalue weighted by Gasteiger charge is 2.50. The van der Waals surface area contributed by atoms with Gasteiger partial charge < -0.3 is 9.64 Å². The highest BCUT2D eigenvalue weighted by Crippen LogP contribution is 2.50. The summed E-state index contributed by atoms with van der Waals surface area (Å²) >= 11 is 0. The van der Waals surface area contributed by atoms with Crippen LogP contribution in [0.3, 0.4) is 0 Å². The fraction of sp³-hybridized carbons (Fsp3) is 0.357. The van der Waals surface area contributed by atoms with E-state index in [9.17, 15) is 10.1 Å². The molecule has 1 aromatic carbocycles. The van der Waals surface area contributed by atoms with Gasteiger partial charge in [0.2, 0.25) is 6.35 Å². The van der Waals surface area contributed by atoms with Crippen LogP contribution < -0.4 is 9.80 Å². The number of rotatable bonds is 1. The van der Waals surface area contributed by atoms with Crippen molar-refractivity contribution in [2.75, 3.05) is 16.8 Å². The summed E-state index contributed by atoms with van der Waals surface area (Å²) in [5.41, 5.74) is 1.61. The second-order valence-electron chi connectivity index (χ2n) is 5.52. The van der Waals surface area contributed by atoms with E-state index in [0.29, 0.717) is 11.4 Å². The lowest BCUT2D eigenvalue weighted by Crippen LogP contribution is -2.36. The van der Waals surface area contributed by atoms with Gasteiger partial charge in [0.1, 0.15) is 5.60 Å². The van der Waals surface area contributed by atoms with Crippen molar-refractivity contribution in [1.29, 1.82) is 5.26 Å². The van der Waals surface area contributed by atoms with Crippen molar-refractivity contribution >= 4 is 17.1 Å². The molecule has 0 aliphatic carbocycles. The van der Waals surface area contributed by atoms with Gasteiger partial charge in [-0.3, -0.25) is 15.0 Å². The molecule has 0 amide bonds. The molecule has 3 rings (SSSR count). The molecular weight excluding hydrogens is 272 g/mol. The average Bonchev–Trinajstić information content (AvgIpc) is 2.83. The highest BCUT2D eigenvalue weighted by atomic mass is 16.6. The Labute approximate surface area is 121 Å². The third-order valence-corrected chi connectivity index (χ3v) is 3.84. The van der Waals surface area contributed by atoms with E-state index < -0.39 is 16.9 Å². The predicted molar refractivity (Wildman–Crippen MR) is 76.6 cm³/mol. The maximum Gasteiger partial charge on any atom is 0.271 e. The van der Waals surface area contributed by atoms with Gasteiger partial charge in [0.05, 0.1) is 28.1 Å². The lowest BCUT2D eigenvalue weighted by atomic mass is 10.0. The second-order valence-corrected chi connectivity index (χ2v) is 5.52. The summed E-state index contributed by atoms with van der Waals surface area (Å²) in [7, 11) is 1.86. The summed E-state index contributed by atoms with van der Waals surface area (Å²) in [4.78, 5) is 14.3. The molecule has 1 fully saturated rings. The van der Waals surface area contributed by atoms with Crippen LogP contribution in [0.15, 0.2) is 30.0 Å². The Balaban J connectivity index is 2.18. The van der Waals surface area contributed by atoms with E-state index in [-0.39, 0.29) is 5.69 Å². The van der Waals surface area contributed by atoms with E-state index >= 15 is 0 Å². The zero-order valence-electron chi connectivity index (χ0n) is 11.9. The molecule has 0 saturated carbocycles. The quantitative estimate of drug-likeness (QED) is 0.447. The maximum absolute atomic E-state index is 11.0. The van der Waals surface area contributed by atoms with Gasteiger partial charge in [-0.15, -0.1) is 0 Å². The van der Waals surface area contributed by atoms with Crippen LogP contribution in [0.25, 0.3) is 0 Å². The minimum Gasteiger partial charge on any atom is -0.330 e. The maximum atomic E-state index is 11.0. The van der Waals surface area contributed by atoms with Gasteiger partial charge in [0.25, 0.3) is 5.69 Å². The third kappa shape index (κ3) is 1.76. The van der Waals surface area contributed by atoms with Crippen LogP contribution in [-0.2, 0) is 4.74 Å². The van der Waals surface area contributed by atoms with Gasteiger partial charge in [0.15, 0.2) is 0 Å². The van der Waals surface area contributed by atoms with Crippen LogP contribution in [0.2, 0.25) is 0 Å². The molecule has 7 nitrogen and oxygen atoms in total. The summed E-state index contributed by atoms with van der Waals surface area (Å²) in [6.45, 7) is 3.75. The number of fused-ring (bicyclic) bond motifs is 3. The SMILES string of the molecule is CN1c2ccc([N+](=O)[O-])cc2N2/C(=C\C#N)C(C)(C)OC12. The van der Waals surface area contributed by atoms with Gasteiger partial charge >= 0.3 is 0 Å². The molecule has 1 unspecified atom stereocenters. The van der Waals surface area contributed by atoms with E-state index in [0.717, 1.165) is 5.69 Å². The standard InChI is InChI=1S/C14H14N4O3/c1-14(2)12(6-7-15)17-11-8-9(18(19)20)4-5-10(11)16(3)13(17)21-14/h4-6,8,13H,1-3H3/b12-6-. The van der Waals surface area contributed by atoms with Crippen LogP contribution in [-0.4, -0.2) is 23.9 Å². The van der Waals surface area contributed by atoms with Gasteiger partial charge in [-0.1, -0.05) is 0 Å². The zero-order valence-corrected chi connectivity index (χ0v) is 11.9. The number of nitrogens with zero attached hydrogens (tertiary/aromatic N) is 4. The molecule has 0 spiro atoms. The molecule has 1 aromatic rings. The number of non-ortho nitro benzene ring substituents is 1. The van der Waals surface area contributed by atoms with E-state index in [1.807, 2.05) is 36.8 Å². The molecule has 0 radical (unpaired) electrons. The number of allylic oxidation sites excluding steroid dienone is 1. The molecule has 2 aliphatic rings. The lowest BCUT2D eigenvalue weighted by molar-refractivity contribution is -0.384. The monoisotopic (exact) mass is 286 g/mol.